The topological polar surface area (TPSA) is 81.5 Å². The molecule has 3 heterocycles. The van der Waals surface area contributed by atoms with Gasteiger partial charge in [0.15, 0.2) is 12.0 Å². The summed E-state index contributed by atoms with van der Waals surface area (Å²) in [6.07, 6.45) is 6.03. The Morgan fingerprint density at radius 1 is 1.06 bits per heavy atom. The molecule has 3 aromatic heterocycles. The number of aromatic amines is 1. The van der Waals surface area contributed by atoms with E-state index in [2.05, 4.69) is 26.5 Å². The first-order valence-corrected chi connectivity index (χ1v) is 10.8. The molecular formula is C25H15ClFN6O. The Bertz CT molecular complexity index is 1660. The van der Waals surface area contributed by atoms with E-state index in [9.17, 15) is 4.39 Å². The molecule has 3 aromatic carbocycles. The van der Waals surface area contributed by atoms with Crippen molar-refractivity contribution in [2.45, 2.75) is 6.61 Å². The lowest BCUT2D eigenvalue weighted by atomic mass is 10.2. The summed E-state index contributed by atoms with van der Waals surface area (Å²) in [5.41, 5.74) is 4.47. The van der Waals surface area contributed by atoms with E-state index in [0.717, 1.165) is 22.2 Å². The zero-order valence-electron chi connectivity index (χ0n) is 17.5. The van der Waals surface area contributed by atoms with Crippen LogP contribution in [0.25, 0.3) is 39.1 Å². The van der Waals surface area contributed by atoms with Crippen molar-refractivity contribution in [3.05, 3.63) is 95.8 Å². The van der Waals surface area contributed by atoms with Crippen molar-refractivity contribution in [1.82, 2.24) is 29.7 Å². The Balaban J connectivity index is 1.40. The molecule has 0 amide bonds. The molecule has 0 spiro atoms. The van der Waals surface area contributed by atoms with Crippen molar-refractivity contribution >= 4 is 33.7 Å². The number of halogens is 2. The predicted molar refractivity (Wildman–Crippen MR) is 126 cm³/mol. The first kappa shape index (κ1) is 20.3. The number of nitrogens with one attached hydrogen (secondary N) is 1. The van der Waals surface area contributed by atoms with Gasteiger partial charge in [0.2, 0.25) is 0 Å². The van der Waals surface area contributed by atoms with Crippen LogP contribution in [-0.4, -0.2) is 29.7 Å². The molecule has 9 heteroatoms. The molecule has 165 valence electrons. The number of aromatic nitrogens is 6. The Morgan fingerprint density at radius 2 is 2.00 bits per heavy atom. The summed E-state index contributed by atoms with van der Waals surface area (Å²) in [5.74, 6) is 0.820. The van der Waals surface area contributed by atoms with Gasteiger partial charge in [0.05, 0.1) is 28.6 Å². The number of hydrogen-bond acceptors (Lipinski definition) is 5. The van der Waals surface area contributed by atoms with Crippen LogP contribution in [0, 0.1) is 12.1 Å². The molecule has 7 nitrogen and oxygen atoms in total. The summed E-state index contributed by atoms with van der Waals surface area (Å²) >= 11 is 6.55. The van der Waals surface area contributed by atoms with E-state index in [1.165, 1.54) is 12.1 Å². The summed E-state index contributed by atoms with van der Waals surface area (Å²) in [5, 5.41) is 8.50. The molecule has 0 atom stereocenters. The molecule has 0 aliphatic rings. The fourth-order valence-electron chi connectivity index (χ4n) is 3.84. The molecule has 1 radical (unpaired) electrons. The largest absolute Gasteiger partial charge is 0.487 e. The van der Waals surface area contributed by atoms with Crippen molar-refractivity contribution in [3.8, 4) is 22.8 Å². The highest BCUT2D eigenvalue weighted by Gasteiger charge is 2.17. The number of rotatable bonds is 5. The lowest BCUT2D eigenvalue weighted by molar-refractivity contribution is 0.306. The number of hydrogen-bond donors (Lipinski definition) is 1. The smallest absolute Gasteiger partial charge is 0.199 e. The first-order valence-electron chi connectivity index (χ1n) is 10.4. The second kappa shape index (κ2) is 8.24. The van der Waals surface area contributed by atoms with Crippen molar-refractivity contribution in [2.24, 2.45) is 0 Å². The summed E-state index contributed by atoms with van der Waals surface area (Å²) in [6, 6.07) is 17.6. The van der Waals surface area contributed by atoms with E-state index in [1.807, 2.05) is 28.8 Å². The normalized spacial score (nSPS) is 11.4. The van der Waals surface area contributed by atoms with Crippen LogP contribution in [0.4, 0.5) is 4.39 Å². The van der Waals surface area contributed by atoms with Gasteiger partial charge in [-0.3, -0.25) is 9.67 Å². The SMILES string of the molecule is Fc1cccc(COc2ccc(-c3nc4cn[c]nc4n3-c3ccc4cn[nH]c4c3)cc2Cl)c1. The van der Waals surface area contributed by atoms with E-state index in [-0.39, 0.29) is 12.4 Å². The van der Waals surface area contributed by atoms with Crippen LogP contribution in [-0.2, 0) is 6.61 Å². The molecule has 34 heavy (non-hydrogen) atoms. The van der Waals surface area contributed by atoms with Gasteiger partial charge in [-0.2, -0.15) is 5.10 Å². The van der Waals surface area contributed by atoms with E-state index in [0.29, 0.717) is 33.3 Å². The standard InChI is InChI=1S/C25H15ClFN6O/c26-20-9-16(5-7-23(20)34-13-15-2-1-3-18(27)8-15)24-31-22-12-28-14-29-25(22)33(24)19-6-4-17-11-30-32-21(17)10-19/h1-12H,13H2,(H,30,32). The van der Waals surface area contributed by atoms with Crippen LogP contribution in [0.2, 0.25) is 5.02 Å². The molecule has 0 aliphatic heterocycles. The maximum Gasteiger partial charge on any atom is 0.199 e. The first-order chi connectivity index (χ1) is 16.7. The Hall–Kier alpha value is -4.30. The maximum atomic E-state index is 13.4. The van der Waals surface area contributed by atoms with Crippen molar-refractivity contribution in [1.29, 1.82) is 0 Å². The summed E-state index contributed by atoms with van der Waals surface area (Å²) in [7, 11) is 0. The number of fused-ring (bicyclic) bond motifs is 2. The second-order valence-electron chi connectivity index (χ2n) is 7.66. The average Bonchev–Trinajstić information content (AvgIpc) is 3.47. The third-order valence-electron chi connectivity index (χ3n) is 5.44. The Kier molecular flexibility index (Phi) is 4.92. The van der Waals surface area contributed by atoms with Crippen LogP contribution in [0.5, 0.6) is 5.75 Å². The van der Waals surface area contributed by atoms with Gasteiger partial charge in [-0.1, -0.05) is 23.7 Å². The second-order valence-corrected chi connectivity index (χ2v) is 8.06. The van der Waals surface area contributed by atoms with Crippen molar-refractivity contribution in [3.63, 3.8) is 0 Å². The van der Waals surface area contributed by atoms with Crippen LogP contribution in [0.1, 0.15) is 5.56 Å². The highest BCUT2D eigenvalue weighted by Crippen LogP contribution is 2.33. The molecule has 0 saturated carbocycles. The average molecular weight is 470 g/mol. The quantitative estimate of drug-likeness (QED) is 0.359. The predicted octanol–water partition coefficient (Wildman–Crippen LogP) is 5.53. The highest BCUT2D eigenvalue weighted by atomic mass is 35.5. The van der Waals surface area contributed by atoms with E-state index in [1.54, 1.807) is 36.7 Å². The minimum Gasteiger partial charge on any atom is -0.487 e. The van der Waals surface area contributed by atoms with Crippen LogP contribution >= 0.6 is 11.6 Å². The summed E-state index contributed by atoms with van der Waals surface area (Å²) < 4.78 is 21.2. The Morgan fingerprint density at radius 3 is 2.88 bits per heavy atom. The van der Waals surface area contributed by atoms with Crippen molar-refractivity contribution in [2.75, 3.05) is 0 Å². The number of ether oxygens (including phenoxy) is 1. The minimum atomic E-state index is -0.310. The van der Waals surface area contributed by atoms with Crippen LogP contribution in [0.3, 0.4) is 0 Å². The molecule has 0 saturated heterocycles. The lowest BCUT2D eigenvalue weighted by Crippen LogP contribution is -2.00. The Labute approximate surface area is 197 Å². The zero-order valence-corrected chi connectivity index (χ0v) is 18.3. The van der Waals surface area contributed by atoms with Gasteiger partial charge in [0.25, 0.3) is 0 Å². The number of H-pyrrole nitrogens is 1. The summed E-state index contributed by atoms with van der Waals surface area (Å²) in [6.45, 7) is 0.199. The highest BCUT2D eigenvalue weighted by molar-refractivity contribution is 6.32. The maximum absolute atomic E-state index is 13.4. The molecule has 1 N–H and O–H groups in total. The minimum absolute atomic E-state index is 0.199. The molecule has 0 aliphatic carbocycles. The fraction of sp³-hybridized carbons (Fsp3) is 0.0400. The van der Waals surface area contributed by atoms with Gasteiger partial charge < -0.3 is 4.74 Å². The fourth-order valence-corrected chi connectivity index (χ4v) is 4.07. The van der Waals surface area contributed by atoms with E-state index < -0.39 is 0 Å². The monoisotopic (exact) mass is 469 g/mol. The zero-order chi connectivity index (χ0) is 23.1. The third kappa shape index (κ3) is 3.64. The lowest BCUT2D eigenvalue weighted by Gasteiger charge is -2.12. The summed E-state index contributed by atoms with van der Waals surface area (Å²) in [4.78, 5) is 13.1. The van der Waals surface area contributed by atoms with Crippen LogP contribution in [0.15, 0.2) is 73.1 Å². The molecular weight excluding hydrogens is 455 g/mol. The van der Waals surface area contributed by atoms with E-state index >= 15 is 0 Å². The van der Waals surface area contributed by atoms with Gasteiger partial charge in [0.1, 0.15) is 29.5 Å². The van der Waals surface area contributed by atoms with Gasteiger partial charge in [0, 0.05) is 10.9 Å². The number of benzene rings is 3. The van der Waals surface area contributed by atoms with Crippen molar-refractivity contribution < 1.29 is 9.13 Å². The van der Waals surface area contributed by atoms with E-state index in [4.69, 9.17) is 21.3 Å². The van der Waals surface area contributed by atoms with Gasteiger partial charge in [-0.15, -0.1) is 0 Å². The van der Waals surface area contributed by atoms with Gasteiger partial charge in [-0.05, 0) is 54.1 Å². The molecule has 0 bridgehead atoms. The number of nitrogens with zero attached hydrogens (tertiary/aromatic N) is 5. The van der Waals surface area contributed by atoms with Gasteiger partial charge in [-0.25, -0.2) is 19.3 Å². The third-order valence-corrected chi connectivity index (χ3v) is 5.73. The molecule has 0 unspecified atom stereocenters. The molecule has 6 aromatic rings. The van der Waals surface area contributed by atoms with Crippen LogP contribution < -0.4 is 4.74 Å². The molecule has 6 rings (SSSR count). The molecule has 0 fully saturated rings. The van der Waals surface area contributed by atoms with Gasteiger partial charge >= 0.3 is 0 Å². The number of imidazole rings is 1.